The fourth-order valence-corrected chi connectivity index (χ4v) is 2.01. The Bertz CT molecular complexity index is 507. The van der Waals surface area contributed by atoms with Crippen LogP contribution in [0.2, 0.25) is 5.02 Å². The van der Waals surface area contributed by atoms with Crippen LogP contribution in [0.25, 0.3) is 0 Å². The van der Waals surface area contributed by atoms with Crippen LogP contribution < -0.4 is 5.32 Å². The SMILES string of the molecule is COC(=O)C(C)(NCC(F)(F)F)c1ccc(F)cc1Cl. The van der Waals surface area contributed by atoms with E-state index in [0.717, 1.165) is 25.3 Å². The van der Waals surface area contributed by atoms with E-state index in [2.05, 4.69) is 10.1 Å². The molecule has 0 radical (unpaired) electrons. The van der Waals surface area contributed by atoms with Gasteiger partial charge in [0, 0.05) is 10.6 Å². The summed E-state index contributed by atoms with van der Waals surface area (Å²) in [6, 6.07) is 3.04. The Morgan fingerprint density at radius 1 is 1.40 bits per heavy atom. The summed E-state index contributed by atoms with van der Waals surface area (Å²) >= 11 is 5.80. The first kappa shape index (κ1) is 16.7. The van der Waals surface area contributed by atoms with Gasteiger partial charge in [-0.2, -0.15) is 13.2 Å². The summed E-state index contributed by atoms with van der Waals surface area (Å²) in [5, 5.41) is 1.88. The molecule has 0 aliphatic carbocycles. The smallest absolute Gasteiger partial charge is 0.401 e. The molecular weight excluding hydrogens is 302 g/mol. The van der Waals surface area contributed by atoms with Crippen LogP contribution in [0.3, 0.4) is 0 Å². The maximum Gasteiger partial charge on any atom is 0.401 e. The fourth-order valence-electron chi connectivity index (χ4n) is 1.65. The number of carbonyl (C=O) groups excluding carboxylic acids is 1. The van der Waals surface area contributed by atoms with Gasteiger partial charge < -0.3 is 4.74 Å². The molecule has 1 rings (SSSR count). The number of ether oxygens (including phenoxy) is 1. The molecule has 112 valence electrons. The van der Waals surface area contributed by atoms with E-state index >= 15 is 0 Å². The summed E-state index contributed by atoms with van der Waals surface area (Å²) < 4.78 is 54.5. The highest BCUT2D eigenvalue weighted by atomic mass is 35.5. The Labute approximate surface area is 117 Å². The van der Waals surface area contributed by atoms with Gasteiger partial charge in [-0.25, -0.2) is 9.18 Å². The van der Waals surface area contributed by atoms with Gasteiger partial charge in [0.2, 0.25) is 0 Å². The van der Waals surface area contributed by atoms with E-state index in [4.69, 9.17) is 11.6 Å². The number of methoxy groups -OCH3 is 1. The lowest BCUT2D eigenvalue weighted by atomic mass is 9.91. The summed E-state index contributed by atoms with van der Waals surface area (Å²) in [4.78, 5) is 11.8. The van der Waals surface area contributed by atoms with Crippen molar-refractivity contribution in [1.82, 2.24) is 5.32 Å². The molecule has 0 bridgehead atoms. The first-order valence-corrected chi connectivity index (χ1v) is 5.83. The van der Waals surface area contributed by atoms with Crippen LogP contribution >= 0.6 is 11.6 Å². The maximum atomic E-state index is 13.0. The number of halogens is 5. The quantitative estimate of drug-likeness (QED) is 0.686. The van der Waals surface area contributed by atoms with E-state index < -0.39 is 30.0 Å². The number of alkyl halides is 3. The third-order valence-corrected chi connectivity index (χ3v) is 3.02. The highest BCUT2D eigenvalue weighted by Crippen LogP contribution is 2.30. The van der Waals surface area contributed by atoms with Crippen molar-refractivity contribution in [3.63, 3.8) is 0 Å². The minimum Gasteiger partial charge on any atom is -0.467 e. The third-order valence-electron chi connectivity index (χ3n) is 2.71. The second-order valence-corrected chi connectivity index (χ2v) is 4.62. The monoisotopic (exact) mass is 313 g/mol. The standard InChI is InChI=1S/C12H12ClF4NO2/c1-11(10(19)20-2,18-6-12(15,16)17)8-4-3-7(14)5-9(8)13/h3-5,18H,6H2,1-2H3. The maximum absolute atomic E-state index is 13.0. The van der Waals surface area contributed by atoms with Crippen molar-refractivity contribution in [2.24, 2.45) is 0 Å². The van der Waals surface area contributed by atoms with Crippen LogP contribution in [0.5, 0.6) is 0 Å². The van der Waals surface area contributed by atoms with Gasteiger partial charge in [-0.15, -0.1) is 0 Å². The highest BCUT2D eigenvalue weighted by molar-refractivity contribution is 6.31. The van der Waals surface area contributed by atoms with Crippen molar-refractivity contribution in [3.8, 4) is 0 Å². The van der Waals surface area contributed by atoms with Crippen molar-refractivity contribution in [1.29, 1.82) is 0 Å². The normalized spacial score (nSPS) is 14.8. The van der Waals surface area contributed by atoms with Gasteiger partial charge in [0.25, 0.3) is 0 Å². The fraction of sp³-hybridized carbons (Fsp3) is 0.417. The second kappa shape index (κ2) is 5.97. The van der Waals surface area contributed by atoms with Gasteiger partial charge in [0.1, 0.15) is 11.4 Å². The lowest BCUT2D eigenvalue weighted by molar-refractivity contribution is -0.153. The molecule has 0 heterocycles. The van der Waals surface area contributed by atoms with Crippen molar-refractivity contribution in [2.45, 2.75) is 18.6 Å². The summed E-state index contributed by atoms with van der Waals surface area (Å²) in [5.41, 5.74) is -1.84. The van der Waals surface area contributed by atoms with E-state index in [1.54, 1.807) is 0 Å². The first-order valence-electron chi connectivity index (χ1n) is 5.46. The van der Waals surface area contributed by atoms with Crippen LogP contribution in [0, 0.1) is 5.82 Å². The van der Waals surface area contributed by atoms with Gasteiger partial charge in [0.05, 0.1) is 13.7 Å². The van der Waals surface area contributed by atoms with E-state index in [1.807, 2.05) is 0 Å². The topological polar surface area (TPSA) is 38.3 Å². The molecular formula is C12H12ClF4NO2. The van der Waals surface area contributed by atoms with Gasteiger partial charge in [-0.3, -0.25) is 5.32 Å². The number of nitrogens with one attached hydrogen (secondary N) is 1. The zero-order valence-corrected chi connectivity index (χ0v) is 11.4. The van der Waals surface area contributed by atoms with Crippen LogP contribution in [-0.2, 0) is 15.1 Å². The molecule has 8 heteroatoms. The van der Waals surface area contributed by atoms with E-state index in [-0.39, 0.29) is 10.6 Å². The molecule has 0 aliphatic heterocycles. The summed E-state index contributed by atoms with van der Waals surface area (Å²) in [5.74, 6) is -1.63. The molecule has 0 saturated heterocycles. The summed E-state index contributed by atoms with van der Waals surface area (Å²) in [7, 11) is 1.03. The number of hydrogen-bond donors (Lipinski definition) is 1. The largest absolute Gasteiger partial charge is 0.467 e. The Balaban J connectivity index is 3.20. The molecule has 0 aromatic heterocycles. The molecule has 3 nitrogen and oxygen atoms in total. The van der Waals surface area contributed by atoms with Gasteiger partial charge >= 0.3 is 12.1 Å². The average molecular weight is 314 g/mol. The van der Waals surface area contributed by atoms with Crippen LogP contribution in [-0.4, -0.2) is 25.8 Å². The highest BCUT2D eigenvalue weighted by Gasteiger charge is 2.41. The molecule has 0 amide bonds. The van der Waals surface area contributed by atoms with Crippen LogP contribution in [0.1, 0.15) is 12.5 Å². The van der Waals surface area contributed by atoms with E-state index in [1.165, 1.54) is 6.92 Å². The summed E-state index contributed by atoms with van der Waals surface area (Å²) in [6.07, 6.45) is -4.53. The Morgan fingerprint density at radius 2 is 2.00 bits per heavy atom. The van der Waals surface area contributed by atoms with Crippen LogP contribution in [0.4, 0.5) is 17.6 Å². The van der Waals surface area contributed by atoms with E-state index in [0.29, 0.717) is 0 Å². The van der Waals surface area contributed by atoms with Gasteiger partial charge in [-0.1, -0.05) is 17.7 Å². The number of benzene rings is 1. The Morgan fingerprint density at radius 3 is 2.45 bits per heavy atom. The van der Waals surface area contributed by atoms with Crippen molar-refractivity contribution >= 4 is 17.6 Å². The molecule has 1 aromatic carbocycles. The van der Waals surface area contributed by atoms with Gasteiger partial charge in [-0.05, 0) is 19.1 Å². The third kappa shape index (κ3) is 3.83. The molecule has 1 N–H and O–H groups in total. The zero-order valence-electron chi connectivity index (χ0n) is 10.6. The lowest BCUT2D eigenvalue weighted by Gasteiger charge is -2.29. The molecule has 1 unspecified atom stereocenters. The Hall–Kier alpha value is -1.34. The van der Waals surface area contributed by atoms with Gasteiger partial charge in [0.15, 0.2) is 0 Å². The Kier molecular flexibility index (Phi) is 4.99. The molecule has 1 aromatic rings. The number of carbonyl (C=O) groups is 1. The molecule has 20 heavy (non-hydrogen) atoms. The second-order valence-electron chi connectivity index (χ2n) is 4.21. The molecule has 0 aliphatic rings. The number of hydrogen-bond acceptors (Lipinski definition) is 3. The summed E-state index contributed by atoms with van der Waals surface area (Å²) in [6.45, 7) is -0.240. The minimum atomic E-state index is -4.53. The molecule has 0 fully saturated rings. The minimum absolute atomic E-state index is 0.00309. The predicted octanol–water partition coefficient (Wildman–Crippen LogP) is 3.02. The number of esters is 1. The molecule has 0 spiro atoms. The number of rotatable bonds is 4. The van der Waals surface area contributed by atoms with Crippen molar-refractivity contribution in [2.75, 3.05) is 13.7 Å². The zero-order chi connectivity index (χ0) is 15.6. The van der Waals surface area contributed by atoms with Crippen molar-refractivity contribution in [3.05, 3.63) is 34.6 Å². The first-order chi connectivity index (χ1) is 9.10. The lowest BCUT2D eigenvalue weighted by Crippen LogP contribution is -2.50. The predicted molar refractivity (Wildman–Crippen MR) is 64.8 cm³/mol. The van der Waals surface area contributed by atoms with E-state index in [9.17, 15) is 22.4 Å². The molecule has 1 atom stereocenters. The average Bonchev–Trinajstić information content (AvgIpc) is 2.34. The van der Waals surface area contributed by atoms with Crippen molar-refractivity contribution < 1.29 is 27.1 Å². The van der Waals surface area contributed by atoms with Crippen LogP contribution in [0.15, 0.2) is 18.2 Å². The molecule has 0 saturated carbocycles.